The van der Waals surface area contributed by atoms with Gasteiger partial charge in [-0.2, -0.15) is 0 Å². The summed E-state index contributed by atoms with van der Waals surface area (Å²) < 4.78 is 0. The Morgan fingerprint density at radius 2 is 2.00 bits per heavy atom. The first-order valence-electron chi connectivity index (χ1n) is 4.49. The van der Waals surface area contributed by atoms with Crippen LogP contribution in [0.2, 0.25) is 0 Å². The standard InChI is InChI=1S/C12H16/c1-4-7-10(2)12-9-6-5-8-11(12)3/h5-6,8-9H,3-4,7H2,1-2H3/b12-10-. The normalized spacial score (nSPS) is 12.8. The van der Waals surface area contributed by atoms with Gasteiger partial charge >= 0.3 is 0 Å². The fraction of sp³-hybridized carbons (Fsp3) is 0.333. The highest BCUT2D eigenvalue weighted by molar-refractivity contribution is 5.42. The van der Waals surface area contributed by atoms with Gasteiger partial charge in [0.1, 0.15) is 0 Å². The fourth-order valence-electron chi connectivity index (χ4n) is 1.45. The predicted molar refractivity (Wildman–Crippen MR) is 55.2 cm³/mol. The maximum atomic E-state index is 4.00. The van der Waals surface area contributed by atoms with Crippen LogP contribution in [0.1, 0.15) is 26.7 Å². The molecular formula is C12H16. The summed E-state index contributed by atoms with van der Waals surface area (Å²) in [6.45, 7) is 8.39. The van der Waals surface area contributed by atoms with E-state index in [9.17, 15) is 0 Å². The lowest BCUT2D eigenvalue weighted by Gasteiger charge is -1.97. The third-order valence-corrected chi connectivity index (χ3v) is 2.10. The van der Waals surface area contributed by atoms with Crippen molar-refractivity contribution in [2.24, 2.45) is 0 Å². The molecule has 64 valence electrons. The Labute approximate surface area is 74.2 Å². The molecule has 0 amide bonds. The van der Waals surface area contributed by atoms with Crippen LogP contribution >= 0.6 is 0 Å². The second-order valence-electron chi connectivity index (χ2n) is 3.19. The van der Waals surface area contributed by atoms with E-state index in [2.05, 4.69) is 38.6 Å². The molecule has 1 rings (SSSR count). The molecule has 0 aliphatic rings. The quantitative estimate of drug-likeness (QED) is 0.621. The van der Waals surface area contributed by atoms with Gasteiger partial charge in [-0.25, -0.2) is 0 Å². The Morgan fingerprint density at radius 3 is 2.58 bits per heavy atom. The Morgan fingerprint density at radius 1 is 1.33 bits per heavy atom. The van der Waals surface area contributed by atoms with Crippen molar-refractivity contribution in [1.29, 1.82) is 0 Å². The second-order valence-corrected chi connectivity index (χ2v) is 3.19. The van der Waals surface area contributed by atoms with E-state index in [4.69, 9.17) is 0 Å². The van der Waals surface area contributed by atoms with E-state index in [1.807, 2.05) is 6.07 Å². The van der Waals surface area contributed by atoms with Crippen LogP contribution in [0.5, 0.6) is 0 Å². The molecule has 0 aliphatic heterocycles. The van der Waals surface area contributed by atoms with Crippen LogP contribution in [-0.2, 0) is 0 Å². The molecule has 0 saturated heterocycles. The van der Waals surface area contributed by atoms with Crippen molar-refractivity contribution in [3.63, 3.8) is 0 Å². The number of benzene rings is 1. The van der Waals surface area contributed by atoms with Crippen LogP contribution in [0.25, 0.3) is 12.2 Å². The van der Waals surface area contributed by atoms with Gasteiger partial charge in [-0.05, 0) is 23.8 Å². The van der Waals surface area contributed by atoms with Gasteiger partial charge in [0.25, 0.3) is 0 Å². The molecule has 0 atom stereocenters. The smallest absolute Gasteiger partial charge is 0.0201 e. The lowest BCUT2D eigenvalue weighted by molar-refractivity contribution is 0.961. The van der Waals surface area contributed by atoms with Gasteiger partial charge in [-0.1, -0.05) is 49.8 Å². The summed E-state index contributed by atoms with van der Waals surface area (Å²) in [6, 6.07) is 8.32. The van der Waals surface area contributed by atoms with Crippen molar-refractivity contribution in [2.45, 2.75) is 26.7 Å². The maximum absolute atomic E-state index is 4.00. The zero-order chi connectivity index (χ0) is 8.97. The van der Waals surface area contributed by atoms with Crippen LogP contribution in [0.3, 0.4) is 0 Å². The predicted octanol–water partition coefficient (Wildman–Crippen LogP) is 2.07. The van der Waals surface area contributed by atoms with Crippen molar-refractivity contribution in [2.75, 3.05) is 0 Å². The molecule has 12 heavy (non-hydrogen) atoms. The van der Waals surface area contributed by atoms with Gasteiger partial charge < -0.3 is 0 Å². The molecular weight excluding hydrogens is 144 g/mol. The Balaban J connectivity index is 3.25. The SMILES string of the molecule is C=c1cccc/c1=C(\C)CCC. The van der Waals surface area contributed by atoms with Crippen LogP contribution < -0.4 is 10.4 Å². The molecule has 0 unspecified atom stereocenters. The van der Waals surface area contributed by atoms with Crippen LogP contribution in [0.4, 0.5) is 0 Å². The molecule has 0 aliphatic carbocycles. The minimum atomic E-state index is 1.14. The van der Waals surface area contributed by atoms with E-state index in [1.54, 1.807) is 0 Å². The molecule has 0 N–H and O–H groups in total. The van der Waals surface area contributed by atoms with Gasteiger partial charge in [0, 0.05) is 0 Å². The van der Waals surface area contributed by atoms with E-state index in [-0.39, 0.29) is 0 Å². The first kappa shape index (κ1) is 9.05. The van der Waals surface area contributed by atoms with E-state index in [0.29, 0.717) is 0 Å². The van der Waals surface area contributed by atoms with Crippen LogP contribution in [0, 0.1) is 0 Å². The van der Waals surface area contributed by atoms with Crippen molar-refractivity contribution < 1.29 is 0 Å². The largest absolute Gasteiger partial charge is 0.0912 e. The molecule has 0 saturated carbocycles. The van der Waals surface area contributed by atoms with Gasteiger partial charge in [0.2, 0.25) is 0 Å². The summed E-state index contributed by atoms with van der Waals surface area (Å²) in [5.74, 6) is 0. The molecule has 0 nitrogen and oxygen atoms in total. The van der Waals surface area contributed by atoms with E-state index in [1.165, 1.54) is 23.6 Å². The molecule has 0 spiro atoms. The van der Waals surface area contributed by atoms with Crippen molar-refractivity contribution in [3.05, 3.63) is 34.7 Å². The molecule has 0 heterocycles. The molecule has 0 bridgehead atoms. The van der Waals surface area contributed by atoms with Crippen molar-refractivity contribution in [1.82, 2.24) is 0 Å². The number of rotatable bonds is 2. The second kappa shape index (κ2) is 4.10. The van der Waals surface area contributed by atoms with Crippen molar-refractivity contribution in [3.8, 4) is 0 Å². The average molecular weight is 160 g/mol. The highest BCUT2D eigenvalue weighted by Gasteiger charge is 1.89. The molecule has 0 heteroatoms. The summed E-state index contributed by atoms with van der Waals surface area (Å²) in [4.78, 5) is 0. The van der Waals surface area contributed by atoms with E-state index in [0.717, 1.165) is 5.22 Å². The molecule has 1 aromatic carbocycles. The Bertz CT molecular complexity index is 347. The summed E-state index contributed by atoms with van der Waals surface area (Å²) in [6.07, 6.45) is 2.38. The third kappa shape index (κ3) is 1.97. The minimum absolute atomic E-state index is 1.14. The molecule has 1 aromatic rings. The van der Waals surface area contributed by atoms with Gasteiger partial charge in [-0.3, -0.25) is 0 Å². The summed E-state index contributed by atoms with van der Waals surface area (Å²) in [5, 5.41) is 2.46. The topological polar surface area (TPSA) is 0 Å². The van der Waals surface area contributed by atoms with Gasteiger partial charge in [0.05, 0.1) is 0 Å². The summed E-state index contributed by atoms with van der Waals surface area (Å²) in [7, 11) is 0. The number of hydrogen-bond acceptors (Lipinski definition) is 0. The zero-order valence-corrected chi connectivity index (χ0v) is 7.93. The van der Waals surface area contributed by atoms with Gasteiger partial charge in [-0.15, -0.1) is 0 Å². The monoisotopic (exact) mass is 160 g/mol. The minimum Gasteiger partial charge on any atom is -0.0912 e. The first-order valence-corrected chi connectivity index (χ1v) is 4.49. The summed E-state index contributed by atoms with van der Waals surface area (Å²) >= 11 is 0. The molecule has 0 fully saturated rings. The highest BCUT2D eigenvalue weighted by atomic mass is 13.9. The Hall–Kier alpha value is -1.04. The molecule has 0 aromatic heterocycles. The lowest BCUT2D eigenvalue weighted by Crippen LogP contribution is -2.24. The van der Waals surface area contributed by atoms with Gasteiger partial charge in [0.15, 0.2) is 0 Å². The third-order valence-electron chi connectivity index (χ3n) is 2.10. The van der Waals surface area contributed by atoms with Crippen molar-refractivity contribution >= 4 is 12.2 Å². The maximum Gasteiger partial charge on any atom is -0.0201 e. The molecule has 0 radical (unpaired) electrons. The average Bonchev–Trinajstić information content (AvgIpc) is 2.05. The van der Waals surface area contributed by atoms with Crippen LogP contribution in [-0.4, -0.2) is 0 Å². The Kier molecular flexibility index (Phi) is 3.09. The van der Waals surface area contributed by atoms with E-state index >= 15 is 0 Å². The fourth-order valence-corrected chi connectivity index (χ4v) is 1.45. The zero-order valence-electron chi connectivity index (χ0n) is 7.93. The van der Waals surface area contributed by atoms with E-state index < -0.39 is 0 Å². The highest BCUT2D eigenvalue weighted by Crippen LogP contribution is 2.00. The number of hydrogen-bond donors (Lipinski definition) is 0. The van der Waals surface area contributed by atoms with Crippen LogP contribution in [0.15, 0.2) is 24.3 Å². The lowest BCUT2D eigenvalue weighted by atomic mass is 10.1. The first-order chi connectivity index (χ1) is 5.75. The summed E-state index contributed by atoms with van der Waals surface area (Å²) in [5.41, 5.74) is 1.45.